The molecule has 14 heavy (non-hydrogen) atoms. The summed E-state index contributed by atoms with van der Waals surface area (Å²) in [6.45, 7) is 11.7. The SMILES string of the molecule is CCN(CC(C)C)C(=O)C(N)C(C)C. The van der Waals surface area contributed by atoms with Crippen LogP contribution in [0.4, 0.5) is 0 Å². The lowest BCUT2D eigenvalue weighted by atomic mass is 10.0. The smallest absolute Gasteiger partial charge is 0.239 e. The molecular weight excluding hydrogens is 176 g/mol. The normalized spacial score (nSPS) is 13.4. The molecule has 0 rings (SSSR count). The van der Waals surface area contributed by atoms with Gasteiger partial charge in [-0.1, -0.05) is 27.7 Å². The van der Waals surface area contributed by atoms with Crippen molar-refractivity contribution in [3.05, 3.63) is 0 Å². The second kappa shape index (κ2) is 6.02. The fourth-order valence-corrected chi connectivity index (χ4v) is 1.31. The predicted octanol–water partition coefficient (Wildman–Crippen LogP) is 1.47. The van der Waals surface area contributed by atoms with E-state index in [4.69, 9.17) is 5.73 Å². The van der Waals surface area contributed by atoms with Gasteiger partial charge >= 0.3 is 0 Å². The van der Waals surface area contributed by atoms with Gasteiger partial charge in [0.05, 0.1) is 6.04 Å². The number of hydrogen-bond acceptors (Lipinski definition) is 2. The lowest BCUT2D eigenvalue weighted by molar-refractivity contribution is -0.133. The minimum absolute atomic E-state index is 0.0798. The molecule has 0 fully saturated rings. The Labute approximate surface area is 87.6 Å². The van der Waals surface area contributed by atoms with Crippen LogP contribution in [0.25, 0.3) is 0 Å². The van der Waals surface area contributed by atoms with Crippen molar-refractivity contribution in [1.29, 1.82) is 0 Å². The van der Waals surface area contributed by atoms with E-state index in [1.54, 1.807) is 0 Å². The first-order valence-electron chi connectivity index (χ1n) is 5.44. The highest BCUT2D eigenvalue weighted by Crippen LogP contribution is 2.06. The fourth-order valence-electron chi connectivity index (χ4n) is 1.31. The summed E-state index contributed by atoms with van der Waals surface area (Å²) in [7, 11) is 0. The molecule has 1 atom stereocenters. The number of nitrogens with two attached hydrogens (primary N) is 1. The molecule has 0 radical (unpaired) electrons. The molecule has 2 N–H and O–H groups in total. The van der Waals surface area contributed by atoms with Crippen molar-refractivity contribution in [1.82, 2.24) is 4.90 Å². The van der Waals surface area contributed by atoms with Gasteiger partial charge in [-0.2, -0.15) is 0 Å². The average molecular weight is 200 g/mol. The number of carbonyl (C=O) groups is 1. The summed E-state index contributed by atoms with van der Waals surface area (Å²) >= 11 is 0. The van der Waals surface area contributed by atoms with Crippen molar-refractivity contribution in [2.75, 3.05) is 13.1 Å². The first kappa shape index (κ1) is 13.4. The van der Waals surface area contributed by atoms with E-state index in [-0.39, 0.29) is 17.9 Å². The maximum atomic E-state index is 11.9. The summed E-state index contributed by atoms with van der Waals surface area (Å²) in [5.74, 6) is 0.790. The van der Waals surface area contributed by atoms with E-state index in [0.29, 0.717) is 5.92 Å². The van der Waals surface area contributed by atoms with E-state index in [2.05, 4.69) is 13.8 Å². The zero-order chi connectivity index (χ0) is 11.3. The third-order valence-corrected chi connectivity index (χ3v) is 2.28. The van der Waals surface area contributed by atoms with Crippen molar-refractivity contribution < 1.29 is 4.79 Å². The molecule has 3 nitrogen and oxygen atoms in total. The molecule has 0 aromatic heterocycles. The van der Waals surface area contributed by atoms with Crippen LogP contribution in [0.5, 0.6) is 0 Å². The topological polar surface area (TPSA) is 46.3 Å². The van der Waals surface area contributed by atoms with Gasteiger partial charge in [-0.3, -0.25) is 4.79 Å². The van der Waals surface area contributed by atoms with Gasteiger partial charge in [0.2, 0.25) is 5.91 Å². The van der Waals surface area contributed by atoms with Gasteiger partial charge in [0.1, 0.15) is 0 Å². The molecule has 0 spiro atoms. The van der Waals surface area contributed by atoms with Crippen LogP contribution in [-0.4, -0.2) is 29.9 Å². The first-order valence-corrected chi connectivity index (χ1v) is 5.44. The number of likely N-dealkylation sites (N-methyl/N-ethyl adjacent to an activating group) is 1. The average Bonchev–Trinajstić information content (AvgIpc) is 2.11. The van der Waals surface area contributed by atoms with Gasteiger partial charge in [0.25, 0.3) is 0 Å². The molecule has 1 unspecified atom stereocenters. The Bertz CT molecular complexity index is 178. The lowest BCUT2D eigenvalue weighted by Gasteiger charge is -2.27. The summed E-state index contributed by atoms with van der Waals surface area (Å²) in [4.78, 5) is 13.7. The van der Waals surface area contributed by atoms with Crippen molar-refractivity contribution in [3.8, 4) is 0 Å². The minimum Gasteiger partial charge on any atom is -0.341 e. The largest absolute Gasteiger partial charge is 0.341 e. The molecule has 0 aliphatic heterocycles. The lowest BCUT2D eigenvalue weighted by Crippen LogP contribution is -2.47. The number of nitrogens with zero attached hydrogens (tertiary/aromatic N) is 1. The number of amides is 1. The van der Waals surface area contributed by atoms with Gasteiger partial charge < -0.3 is 10.6 Å². The summed E-state index contributed by atoms with van der Waals surface area (Å²) in [5, 5.41) is 0. The van der Waals surface area contributed by atoms with E-state index in [0.717, 1.165) is 13.1 Å². The van der Waals surface area contributed by atoms with E-state index in [9.17, 15) is 4.79 Å². The van der Waals surface area contributed by atoms with E-state index in [1.165, 1.54) is 0 Å². The predicted molar refractivity (Wildman–Crippen MR) is 59.9 cm³/mol. The van der Waals surface area contributed by atoms with E-state index >= 15 is 0 Å². The standard InChI is InChI=1S/C11H24N2O/c1-6-13(7-8(2)3)11(14)10(12)9(4)5/h8-10H,6-7,12H2,1-5H3. The molecule has 84 valence electrons. The molecule has 0 heterocycles. The second-order valence-electron chi connectivity index (χ2n) is 4.54. The van der Waals surface area contributed by atoms with Crippen LogP contribution in [-0.2, 0) is 4.79 Å². The molecule has 0 aromatic rings. The van der Waals surface area contributed by atoms with Crippen LogP contribution in [0.15, 0.2) is 0 Å². The Hall–Kier alpha value is -0.570. The minimum atomic E-state index is -0.353. The Kier molecular flexibility index (Phi) is 5.77. The molecule has 0 saturated carbocycles. The highest BCUT2D eigenvalue weighted by Gasteiger charge is 2.22. The van der Waals surface area contributed by atoms with Gasteiger partial charge in [-0.15, -0.1) is 0 Å². The summed E-state index contributed by atoms with van der Waals surface area (Å²) in [6.07, 6.45) is 0. The Morgan fingerprint density at radius 1 is 1.29 bits per heavy atom. The number of rotatable bonds is 5. The Balaban J connectivity index is 4.30. The third kappa shape index (κ3) is 4.09. The zero-order valence-electron chi connectivity index (χ0n) is 10.1. The molecular formula is C11H24N2O. The van der Waals surface area contributed by atoms with Crippen molar-refractivity contribution >= 4 is 5.91 Å². The zero-order valence-corrected chi connectivity index (χ0v) is 10.1. The maximum Gasteiger partial charge on any atom is 0.239 e. The molecule has 0 aliphatic rings. The van der Waals surface area contributed by atoms with Crippen molar-refractivity contribution in [2.24, 2.45) is 17.6 Å². The maximum absolute atomic E-state index is 11.9. The van der Waals surface area contributed by atoms with Crippen LogP contribution in [0, 0.1) is 11.8 Å². The van der Waals surface area contributed by atoms with Crippen molar-refractivity contribution in [3.63, 3.8) is 0 Å². The van der Waals surface area contributed by atoms with Gasteiger partial charge in [0.15, 0.2) is 0 Å². The second-order valence-corrected chi connectivity index (χ2v) is 4.54. The van der Waals surface area contributed by atoms with Gasteiger partial charge in [-0.25, -0.2) is 0 Å². The van der Waals surface area contributed by atoms with Crippen LogP contribution >= 0.6 is 0 Å². The summed E-state index contributed by atoms with van der Waals surface area (Å²) < 4.78 is 0. The van der Waals surface area contributed by atoms with Crippen LogP contribution in [0.2, 0.25) is 0 Å². The molecule has 0 aliphatic carbocycles. The van der Waals surface area contributed by atoms with Crippen LogP contribution < -0.4 is 5.73 Å². The van der Waals surface area contributed by atoms with E-state index in [1.807, 2.05) is 25.7 Å². The number of hydrogen-bond donors (Lipinski definition) is 1. The van der Waals surface area contributed by atoms with Crippen molar-refractivity contribution in [2.45, 2.75) is 40.7 Å². The molecule has 0 saturated heterocycles. The van der Waals surface area contributed by atoms with Crippen LogP contribution in [0.3, 0.4) is 0 Å². The number of carbonyl (C=O) groups excluding carboxylic acids is 1. The highest BCUT2D eigenvalue weighted by atomic mass is 16.2. The van der Waals surface area contributed by atoms with Gasteiger partial charge in [-0.05, 0) is 18.8 Å². The van der Waals surface area contributed by atoms with Crippen LogP contribution in [0.1, 0.15) is 34.6 Å². The fraction of sp³-hybridized carbons (Fsp3) is 0.909. The quantitative estimate of drug-likeness (QED) is 0.730. The Morgan fingerprint density at radius 3 is 2.07 bits per heavy atom. The van der Waals surface area contributed by atoms with Gasteiger partial charge in [0, 0.05) is 13.1 Å². The first-order chi connectivity index (χ1) is 6.40. The highest BCUT2D eigenvalue weighted by molar-refractivity contribution is 5.81. The molecule has 3 heteroatoms. The summed E-state index contributed by atoms with van der Waals surface area (Å²) in [5.41, 5.74) is 5.82. The van der Waals surface area contributed by atoms with E-state index < -0.39 is 0 Å². The third-order valence-electron chi connectivity index (χ3n) is 2.28. The Morgan fingerprint density at radius 2 is 1.79 bits per heavy atom. The molecule has 1 amide bonds. The summed E-state index contributed by atoms with van der Waals surface area (Å²) in [6, 6.07) is -0.353. The molecule has 0 bridgehead atoms. The molecule has 0 aromatic carbocycles. The monoisotopic (exact) mass is 200 g/mol.